The van der Waals surface area contributed by atoms with Crippen molar-refractivity contribution in [3.8, 4) is 11.5 Å². The van der Waals surface area contributed by atoms with Crippen LogP contribution in [0.1, 0.15) is 19.4 Å². The number of nitro benzene ring substituents is 1. The number of benzene rings is 1. The van der Waals surface area contributed by atoms with Gasteiger partial charge in [-0.1, -0.05) is 0 Å². The quantitative estimate of drug-likeness (QED) is 0.661. The van der Waals surface area contributed by atoms with E-state index in [2.05, 4.69) is 0 Å². The predicted molar refractivity (Wildman–Crippen MR) is 64.7 cm³/mol. The Labute approximate surface area is 108 Å². The number of fused-ring (bicyclic) bond motifs is 1. The van der Waals surface area contributed by atoms with Crippen LogP contribution in [0.4, 0.5) is 5.69 Å². The maximum Gasteiger partial charge on any atom is 0.313 e. The molecule has 19 heavy (non-hydrogen) atoms. The average Bonchev–Trinajstić information content (AvgIpc) is 2.36. The molecule has 0 fully saturated rings. The number of carboxylic acid groups (broad SMARTS) is 1. The summed E-state index contributed by atoms with van der Waals surface area (Å²) in [5, 5.41) is 20.3. The standard InChI is InChI=1S/C12H13NO6/c1-12(2,11(14)15)7-5-9-10(19-4-3-18-9)6-8(7)13(16)17/h5-6H,3-4H2,1-2H3,(H,14,15). The van der Waals surface area contributed by atoms with E-state index in [1.54, 1.807) is 0 Å². The third kappa shape index (κ3) is 2.18. The fraction of sp³-hybridized carbons (Fsp3) is 0.417. The maximum absolute atomic E-state index is 11.3. The predicted octanol–water partition coefficient (Wildman–Crippen LogP) is 1.73. The second-order valence-corrected chi connectivity index (χ2v) is 4.70. The maximum atomic E-state index is 11.3. The van der Waals surface area contributed by atoms with Crippen LogP contribution < -0.4 is 9.47 Å². The summed E-state index contributed by atoms with van der Waals surface area (Å²) < 4.78 is 10.6. The summed E-state index contributed by atoms with van der Waals surface area (Å²) in [7, 11) is 0. The SMILES string of the molecule is CC(C)(C(=O)O)c1cc2c(cc1[N+](=O)[O-])OCCO2. The molecule has 0 aromatic heterocycles. The van der Waals surface area contributed by atoms with Crippen LogP contribution in [0.2, 0.25) is 0 Å². The first-order valence-corrected chi connectivity index (χ1v) is 5.66. The van der Waals surface area contributed by atoms with Crippen molar-refractivity contribution in [3.63, 3.8) is 0 Å². The van der Waals surface area contributed by atoms with Gasteiger partial charge in [0.05, 0.1) is 22.0 Å². The van der Waals surface area contributed by atoms with Crippen molar-refractivity contribution in [2.24, 2.45) is 0 Å². The van der Waals surface area contributed by atoms with Crippen LogP contribution in [0.25, 0.3) is 0 Å². The van der Waals surface area contributed by atoms with Crippen LogP contribution in [0.15, 0.2) is 12.1 Å². The normalized spacial score (nSPS) is 14.0. The summed E-state index contributed by atoms with van der Waals surface area (Å²) in [6.07, 6.45) is 0. The number of nitro groups is 1. The Bertz CT molecular complexity index is 551. The summed E-state index contributed by atoms with van der Waals surface area (Å²) in [6, 6.07) is 2.59. The topological polar surface area (TPSA) is 98.9 Å². The molecule has 0 spiro atoms. The lowest BCUT2D eigenvalue weighted by atomic mass is 9.83. The molecular formula is C12H13NO6. The molecule has 0 saturated carbocycles. The molecule has 0 saturated heterocycles. The minimum atomic E-state index is -1.39. The van der Waals surface area contributed by atoms with Gasteiger partial charge in [0.15, 0.2) is 11.5 Å². The number of rotatable bonds is 3. The van der Waals surface area contributed by atoms with Gasteiger partial charge >= 0.3 is 5.97 Å². The van der Waals surface area contributed by atoms with Crippen LogP contribution >= 0.6 is 0 Å². The number of hydrogen-bond acceptors (Lipinski definition) is 5. The zero-order valence-electron chi connectivity index (χ0n) is 10.5. The molecule has 0 atom stereocenters. The van der Waals surface area contributed by atoms with Crippen molar-refractivity contribution in [2.45, 2.75) is 19.3 Å². The Hall–Kier alpha value is -2.31. The molecule has 7 heteroatoms. The Morgan fingerprint density at radius 3 is 2.32 bits per heavy atom. The van der Waals surface area contributed by atoms with Crippen LogP contribution in [-0.4, -0.2) is 29.2 Å². The molecule has 102 valence electrons. The average molecular weight is 267 g/mol. The molecule has 1 heterocycles. The van der Waals surface area contributed by atoms with E-state index in [9.17, 15) is 20.0 Å². The third-order valence-corrected chi connectivity index (χ3v) is 3.07. The molecule has 0 radical (unpaired) electrons. The van der Waals surface area contributed by atoms with Crippen LogP contribution in [-0.2, 0) is 10.2 Å². The van der Waals surface area contributed by atoms with Gasteiger partial charge in [0.2, 0.25) is 0 Å². The smallest absolute Gasteiger partial charge is 0.313 e. The fourth-order valence-electron chi connectivity index (χ4n) is 1.84. The second kappa shape index (κ2) is 4.42. The summed E-state index contributed by atoms with van der Waals surface area (Å²) in [5.41, 5.74) is -1.58. The molecule has 2 rings (SSSR count). The van der Waals surface area contributed by atoms with Gasteiger partial charge in [0.1, 0.15) is 13.2 Å². The van der Waals surface area contributed by atoms with Gasteiger partial charge in [-0.2, -0.15) is 0 Å². The highest BCUT2D eigenvalue weighted by Gasteiger charge is 2.37. The molecule has 0 amide bonds. The highest BCUT2D eigenvalue weighted by molar-refractivity contribution is 5.82. The van der Waals surface area contributed by atoms with Crippen molar-refractivity contribution in [2.75, 3.05) is 13.2 Å². The van der Waals surface area contributed by atoms with E-state index >= 15 is 0 Å². The third-order valence-electron chi connectivity index (χ3n) is 3.07. The van der Waals surface area contributed by atoms with Gasteiger partial charge < -0.3 is 14.6 Å². The van der Waals surface area contributed by atoms with Crippen LogP contribution in [0.5, 0.6) is 11.5 Å². The first-order valence-electron chi connectivity index (χ1n) is 5.66. The minimum Gasteiger partial charge on any atom is -0.486 e. The lowest BCUT2D eigenvalue weighted by molar-refractivity contribution is -0.386. The van der Waals surface area contributed by atoms with Gasteiger partial charge in [-0.25, -0.2) is 0 Å². The first-order chi connectivity index (χ1) is 8.84. The summed E-state index contributed by atoms with van der Waals surface area (Å²) in [6.45, 7) is 3.46. The Kier molecular flexibility index (Phi) is 3.05. The van der Waals surface area contributed by atoms with Crippen LogP contribution in [0, 0.1) is 10.1 Å². The number of carbonyl (C=O) groups is 1. The molecule has 1 aliphatic heterocycles. The van der Waals surface area contributed by atoms with Gasteiger partial charge in [0.25, 0.3) is 5.69 Å². The lowest BCUT2D eigenvalue weighted by Gasteiger charge is -2.23. The highest BCUT2D eigenvalue weighted by atomic mass is 16.6. The van der Waals surface area contributed by atoms with Gasteiger partial charge in [0, 0.05) is 0 Å². The number of nitrogens with zero attached hydrogens (tertiary/aromatic N) is 1. The molecule has 1 aliphatic rings. The van der Waals surface area contributed by atoms with Crippen molar-refractivity contribution >= 4 is 11.7 Å². The summed E-state index contributed by atoms with van der Waals surface area (Å²) in [4.78, 5) is 21.7. The number of ether oxygens (including phenoxy) is 2. The molecule has 0 bridgehead atoms. The second-order valence-electron chi connectivity index (χ2n) is 4.70. The number of carboxylic acids is 1. The van der Waals surface area contributed by atoms with Gasteiger partial charge in [-0.15, -0.1) is 0 Å². The molecule has 0 unspecified atom stereocenters. The van der Waals surface area contributed by atoms with Crippen molar-refractivity contribution in [1.29, 1.82) is 0 Å². The monoisotopic (exact) mass is 267 g/mol. The van der Waals surface area contributed by atoms with E-state index < -0.39 is 16.3 Å². The van der Waals surface area contributed by atoms with E-state index in [4.69, 9.17) is 9.47 Å². The van der Waals surface area contributed by atoms with E-state index in [1.165, 1.54) is 26.0 Å². The van der Waals surface area contributed by atoms with E-state index in [0.29, 0.717) is 19.0 Å². The molecule has 0 aliphatic carbocycles. The van der Waals surface area contributed by atoms with Crippen molar-refractivity contribution in [1.82, 2.24) is 0 Å². The lowest BCUT2D eigenvalue weighted by Crippen LogP contribution is -2.30. The highest BCUT2D eigenvalue weighted by Crippen LogP contribution is 2.41. The Balaban J connectivity index is 2.64. The number of hydrogen-bond donors (Lipinski definition) is 1. The Morgan fingerprint density at radius 2 is 1.84 bits per heavy atom. The van der Waals surface area contributed by atoms with E-state index in [-0.39, 0.29) is 17.0 Å². The van der Waals surface area contributed by atoms with E-state index in [0.717, 1.165) is 0 Å². The molecule has 1 N–H and O–H groups in total. The summed E-state index contributed by atoms with van der Waals surface area (Å²) in [5.74, 6) is -0.545. The minimum absolute atomic E-state index is 0.0919. The van der Waals surface area contributed by atoms with E-state index in [1.807, 2.05) is 0 Å². The summed E-state index contributed by atoms with van der Waals surface area (Å²) >= 11 is 0. The molecule has 1 aromatic rings. The molecule has 1 aromatic carbocycles. The Morgan fingerprint density at radius 1 is 1.32 bits per heavy atom. The molecular weight excluding hydrogens is 254 g/mol. The first kappa shape index (κ1) is 13.1. The zero-order chi connectivity index (χ0) is 14.2. The van der Waals surface area contributed by atoms with Gasteiger partial charge in [-0.05, 0) is 19.9 Å². The fourth-order valence-corrected chi connectivity index (χ4v) is 1.84. The van der Waals surface area contributed by atoms with Gasteiger partial charge in [-0.3, -0.25) is 14.9 Å². The van der Waals surface area contributed by atoms with Crippen molar-refractivity contribution in [3.05, 3.63) is 27.8 Å². The van der Waals surface area contributed by atoms with Crippen molar-refractivity contribution < 1.29 is 24.3 Å². The largest absolute Gasteiger partial charge is 0.486 e. The zero-order valence-corrected chi connectivity index (χ0v) is 10.5. The molecule has 7 nitrogen and oxygen atoms in total. The van der Waals surface area contributed by atoms with Crippen LogP contribution in [0.3, 0.4) is 0 Å². The number of aliphatic carboxylic acids is 1.